The molecule has 2 atom stereocenters. The molecular formula is C25H26ClN3O5. The first-order chi connectivity index (χ1) is 16.1. The lowest BCUT2D eigenvalue weighted by Crippen LogP contribution is -2.39. The van der Waals surface area contributed by atoms with Gasteiger partial charge >= 0.3 is 12.0 Å². The summed E-state index contributed by atoms with van der Waals surface area (Å²) in [6.07, 6.45) is 1.48. The highest BCUT2D eigenvalue weighted by atomic mass is 35.5. The second-order valence-corrected chi connectivity index (χ2v) is 8.58. The monoisotopic (exact) mass is 483 g/mol. The molecule has 178 valence electrons. The van der Waals surface area contributed by atoms with Crippen LogP contribution >= 0.6 is 11.6 Å². The predicted molar refractivity (Wildman–Crippen MR) is 131 cm³/mol. The molecule has 8 nitrogen and oxygen atoms in total. The Morgan fingerprint density at radius 1 is 1.09 bits per heavy atom. The van der Waals surface area contributed by atoms with Crippen molar-refractivity contribution in [1.29, 1.82) is 0 Å². The number of nitrogens with one attached hydrogen (secondary N) is 2. The molecule has 1 heterocycles. The van der Waals surface area contributed by atoms with Crippen molar-refractivity contribution in [3.63, 3.8) is 0 Å². The van der Waals surface area contributed by atoms with Gasteiger partial charge in [-0.25, -0.2) is 4.79 Å². The minimum absolute atomic E-state index is 0.137. The van der Waals surface area contributed by atoms with Crippen LogP contribution in [0.15, 0.2) is 59.5 Å². The molecular weight excluding hydrogens is 458 g/mol. The highest BCUT2D eigenvalue weighted by Gasteiger charge is 2.27. The van der Waals surface area contributed by atoms with Crippen molar-refractivity contribution < 1.29 is 19.8 Å². The van der Waals surface area contributed by atoms with Gasteiger partial charge in [0, 0.05) is 16.8 Å². The van der Waals surface area contributed by atoms with Gasteiger partial charge in [-0.2, -0.15) is 0 Å². The number of halogens is 1. The first kappa shape index (κ1) is 24.9. The first-order valence-electron chi connectivity index (χ1n) is 10.6. The number of carbonyl (C=O) groups is 2. The zero-order chi connectivity index (χ0) is 25.0. The van der Waals surface area contributed by atoms with Gasteiger partial charge in [0.05, 0.1) is 18.5 Å². The molecule has 0 aliphatic carbocycles. The van der Waals surface area contributed by atoms with Crippen LogP contribution in [0.25, 0.3) is 0 Å². The van der Waals surface area contributed by atoms with Crippen molar-refractivity contribution in [2.75, 3.05) is 5.32 Å². The van der Waals surface area contributed by atoms with Crippen molar-refractivity contribution in [2.24, 2.45) is 5.92 Å². The standard InChI is InChI=1S/C25H26ClN3O5/c1-14-8-10-17(11-9-14)20(16(3)24(32)33)27-25(34)28-21-22(30)15(2)12-29(23(21)31)13-18-6-4-5-7-19(18)26/h4-12,16,20,30H,13H2,1-3H3,(H,32,33)(H2,27,28,34)/t16-,20-/m0/s1. The van der Waals surface area contributed by atoms with Gasteiger partial charge in [0.15, 0.2) is 5.69 Å². The number of aromatic nitrogens is 1. The topological polar surface area (TPSA) is 121 Å². The normalized spacial score (nSPS) is 12.6. The average Bonchev–Trinajstić information content (AvgIpc) is 2.80. The van der Waals surface area contributed by atoms with Crippen LogP contribution in [0.4, 0.5) is 10.5 Å². The smallest absolute Gasteiger partial charge is 0.320 e. The van der Waals surface area contributed by atoms with Crippen LogP contribution in [-0.4, -0.2) is 26.8 Å². The predicted octanol–water partition coefficient (Wildman–Crippen LogP) is 4.46. The minimum Gasteiger partial charge on any atom is -0.505 e. The summed E-state index contributed by atoms with van der Waals surface area (Å²) < 4.78 is 1.34. The third-order valence-electron chi connectivity index (χ3n) is 5.58. The highest BCUT2D eigenvalue weighted by Crippen LogP contribution is 2.26. The maximum Gasteiger partial charge on any atom is 0.320 e. The molecule has 9 heteroatoms. The van der Waals surface area contributed by atoms with E-state index >= 15 is 0 Å². The Morgan fingerprint density at radius 2 is 1.74 bits per heavy atom. The molecule has 1 aromatic heterocycles. The van der Waals surface area contributed by atoms with Crippen molar-refractivity contribution >= 4 is 29.3 Å². The molecule has 0 fully saturated rings. The van der Waals surface area contributed by atoms with Crippen molar-refractivity contribution in [3.05, 3.63) is 92.4 Å². The summed E-state index contributed by atoms with van der Waals surface area (Å²) in [7, 11) is 0. The van der Waals surface area contributed by atoms with E-state index in [0.29, 0.717) is 21.7 Å². The number of nitrogens with zero attached hydrogens (tertiary/aromatic N) is 1. The summed E-state index contributed by atoms with van der Waals surface area (Å²) in [5.74, 6) is -2.41. The fourth-order valence-electron chi connectivity index (χ4n) is 3.54. The SMILES string of the molecule is Cc1ccc([C@@H](NC(=O)Nc2c(O)c(C)cn(Cc3ccccc3Cl)c2=O)[C@H](C)C(=O)O)cc1. The molecule has 3 aromatic rings. The Morgan fingerprint density at radius 3 is 2.35 bits per heavy atom. The second-order valence-electron chi connectivity index (χ2n) is 8.17. The van der Waals surface area contributed by atoms with Crippen molar-refractivity contribution in [2.45, 2.75) is 33.4 Å². The van der Waals surface area contributed by atoms with E-state index in [1.54, 1.807) is 43.3 Å². The molecule has 2 aromatic carbocycles. The number of benzene rings is 2. The maximum atomic E-state index is 13.1. The number of urea groups is 1. The zero-order valence-corrected chi connectivity index (χ0v) is 19.8. The van der Waals surface area contributed by atoms with Crippen LogP contribution in [0.1, 0.15) is 35.2 Å². The van der Waals surface area contributed by atoms with E-state index in [1.807, 2.05) is 19.1 Å². The molecule has 34 heavy (non-hydrogen) atoms. The molecule has 2 amide bonds. The zero-order valence-electron chi connectivity index (χ0n) is 19.0. The van der Waals surface area contributed by atoms with Crippen molar-refractivity contribution in [3.8, 4) is 5.75 Å². The quantitative estimate of drug-likeness (QED) is 0.395. The van der Waals surface area contributed by atoms with E-state index in [0.717, 1.165) is 5.56 Å². The van der Waals surface area contributed by atoms with E-state index < -0.39 is 29.5 Å². The van der Waals surface area contributed by atoms with Crippen LogP contribution in [0.3, 0.4) is 0 Å². The van der Waals surface area contributed by atoms with Gasteiger partial charge in [-0.15, -0.1) is 0 Å². The van der Waals surface area contributed by atoms with Gasteiger partial charge in [-0.1, -0.05) is 59.6 Å². The lowest BCUT2D eigenvalue weighted by Gasteiger charge is -2.23. The number of hydrogen-bond donors (Lipinski definition) is 4. The summed E-state index contributed by atoms with van der Waals surface area (Å²) in [5, 5.41) is 25.5. The number of aromatic hydroxyl groups is 1. The van der Waals surface area contributed by atoms with E-state index in [1.165, 1.54) is 17.7 Å². The number of rotatable bonds is 7. The van der Waals surface area contributed by atoms with E-state index in [2.05, 4.69) is 10.6 Å². The molecule has 0 aliphatic heterocycles. The second kappa shape index (κ2) is 10.4. The van der Waals surface area contributed by atoms with Crippen molar-refractivity contribution in [1.82, 2.24) is 9.88 Å². The number of hydrogen-bond acceptors (Lipinski definition) is 4. The number of anilines is 1. The van der Waals surface area contributed by atoms with Crippen LogP contribution in [0.5, 0.6) is 5.75 Å². The van der Waals surface area contributed by atoms with E-state index in [4.69, 9.17) is 11.6 Å². The number of aryl methyl sites for hydroxylation is 2. The lowest BCUT2D eigenvalue weighted by molar-refractivity contribution is -0.142. The number of carbonyl (C=O) groups excluding carboxylic acids is 1. The number of pyridine rings is 1. The largest absolute Gasteiger partial charge is 0.505 e. The molecule has 0 aliphatic rings. The lowest BCUT2D eigenvalue weighted by atomic mass is 9.94. The van der Waals surface area contributed by atoms with Gasteiger partial charge in [0.2, 0.25) is 0 Å². The minimum atomic E-state index is -1.09. The summed E-state index contributed by atoms with van der Waals surface area (Å²) in [4.78, 5) is 37.5. The summed E-state index contributed by atoms with van der Waals surface area (Å²) in [5.41, 5.74) is 1.71. The number of aliphatic carboxylic acids is 1. The molecule has 0 saturated heterocycles. The van der Waals surface area contributed by atoms with Gasteiger partial charge in [0.1, 0.15) is 5.75 Å². The molecule has 0 saturated carbocycles. The van der Waals surface area contributed by atoms with E-state index in [9.17, 15) is 24.6 Å². The van der Waals surface area contributed by atoms with Gasteiger partial charge in [0.25, 0.3) is 5.56 Å². The Balaban J connectivity index is 1.90. The third kappa shape index (κ3) is 5.58. The van der Waals surface area contributed by atoms with Crippen LogP contribution in [0.2, 0.25) is 5.02 Å². The maximum absolute atomic E-state index is 13.1. The molecule has 0 spiro atoms. The van der Waals surface area contributed by atoms with Crippen LogP contribution in [-0.2, 0) is 11.3 Å². The summed E-state index contributed by atoms with van der Waals surface area (Å²) >= 11 is 6.21. The fourth-order valence-corrected chi connectivity index (χ4v) is 3.74. The van der Waals surface area contributed by atoms with Crippen LogP contribution in [0, 0.1) is 19.8 Å². The van der Waals surface area contributed by atoms with E-state index in [-0.39, 0.29) is 18.0 Å². The number of carboxylic acid groups (broad SMARTS) is 1. The fraction of sp³-hybridized carbons (Fsp3) is 0.240. The number of carboxylic acids is 1. The summed E-state index contributed by atoms with van der Waals surface area (Å²) in [6.45, 7) is 5.11. The number of amides is 2. The van der Waals surface area contributed by atoms with Crippen LogP contribution < -0.4 is 16.2 Å². The molecule has 0 bridgehead atoms. The Kier molecular flexibility index (Phi) is 7.63. The molecule has 3 rings (SSSR count). The Labute approximate surface area is 201 Å². The molecule has 4 N–H and O–H groups in total. The first-order valence-corrected chi connectivity index (χ1v) is 11.0. The Hall–Kier alpha value is -3.78. The average molecular weight is 484 g/mol. The van der Waals surface area contributed by atoms with Gasteiger partial charge < -0.3 is 25.4 Å². The highest BCUT2D eigenvalue weighted by molar-refractivity contribution is 6.31. The third-order valence-corrected chi connectivity index (χ3v) is 5.95. The van der Waals surface area contributed by atoms with Gasteiger partial charge in [-0.05, 0) is 38.0 Å². The summed E-state index contributed by atoms with van der Waals surface area (Å²) in [6, 6.07) is 12.5. The Bertz CT molecular complexity index is 1270. The molecule has 0 radical (unpaired) electrons. The molecule has 0 unspecified atom stereocenters. The van der Waals surface area contributed by atoms with Gasteiger partial charge in [-0.3, -0.25) is 9.59 Å².